The van der Waals surface area contributed by atoms with Crippen LogP contribution in [0, 0.1) is 17.8 Å². The maximum Gasteiger partial charge on any atom is 0.326 e. The third-order valence-electron chi connectivity index (χ3n) is 20.5. The van der Waals surface area contributed by atoms with Crippen molar-refractivity contribution in [3.05, 3.63) is 0 Å². The van der Waals surface area contributed by atoms with Crippen LogP contribution in [0.3, 0.4) is 0 Å². The number of carbonyl (C=O) groups excluding carboxylic acids is 12. The number of aliphatic carboxylic acids is 6. The van der Waals surface area contributed by atoms with Gasteiger partial charge >= 0.3 is 35.8 Å². The van der Waals surface area contributed by atoms with Gasteiger partial charge in [0.1, 0.15) is 56.1 Å². The van der Waals surface area contributed by atoms with Gasteiger partial charge in [-0.2, -0.15) is 0 Å². The molecule has 0 unspecified atom stereocenters. The van der Waals surface area contributed by atoms with E-state index in [0.717, 1.165) is 128 Å². The number of rotatable bonds is 93. The topological polar surface area (TPSA) is 599 Å². The molecule has 0 aliphatic heterocycles. The molecule has 0 rings (SSSR count). The molecule has 8 amide bonds. The second kappa shape index (κ2) is 86.4. The fourth-order valence-corrected chi connectivity index (χ4v) is 12.8. The van der Waals surface area contributed by atoms with E-state index in [1.54, 1.807) is 13.8 Å². The number of Topliss-reactive ketones (excluding diaryl/α,β-unsaturated/α-hetero) is 4. The van der Waals surface area contributed by atoms with Crippen LogP contribution < -0.4 is 42.5 Å². The van der Waals surface area contributed by atoms with Crippen LogP contribution in [-0.4, -0.2) is 293 Å². The first-order chi connectivity index (χ1) is 62.8. The molecule has 0 spiro atoms. The summed E-state index contributed by atoms with van der Waals surface area (Å²) in [4.78, 5) is 213. The lowest BCUT2D eigenvalue weighted by Crippen LogP contribution is -2.43. The van der Waals surface area contributed by atoms with E-state index in [1.807, 2.05) is 6.92 Å². The van der Waals surface area contributed by atoms with Crippen molar-refractivity contribution in [3.8, 4) is 0 Å². The maximum atomic E-state index is 12.3. The van der Waals surface area contributed by atoms with E-state index in [0.29, 0.717) is 58.0 Å². The molecule has 0 aromatic heterocycles. The van der Waals surface area contributed by atoms with Gasteiger partial charge < -0.3 is 111 Å². The highest BCUT2D eigenvalue weighted by molar-refractivity contribution is 5.89. The summed E-state index contributed by atoms with van der Waals surface area (Å²) < 4.78 is 42.6. The van der Waals surface area contributed by atoms with E-state index in [1.165, 1.54) is 6.92 Å². The summed E-state index contributed by atoms with van der Waals surface area (Å²) in [6, 6.07) is -3.54. The molecule has 0 bridgehead atoms. The van der Waals surface area contributed by atoms with E-state index in [9.17, 15) is 107 Å². The van der Waals surface area contributed by atoms with Crippen LogP contribution in [0.4, 0.5) is 0 Å². The van der Waals surface area contributed by atoms with E-state index in [-0.39, 0.29) is 295 Å². The molecule has 0 saturated carbocycles. The number of hydrogen-bond acceptors (Lipinski definition) is 26. The highest BCUT2D eigenvalue weighted by atomic mass is 16.5. The SMILES string of the molecule is CC(=O)[C@H](CCCCNC(=O)CC[C@H](CC(=O)COCCOCCNC(=O)COCCOCCNC(=O)CC[C@H](NC(=O)CCCCCCCCCCCCC(=O)O)C(=O)O)C(=O)O)CC(=O)C(C)C.CCCCCNC(=O)CC[C@H](NC(=O)COCCOCCCC(=O)COCCOCCNC(=O)CC[C@H](NC(=O)CCCCCCCCCCCCC(=O)O)C(=O)O)C(=O)O.[HH].[HH]. The summed E-state index contributed by atoms with van der Waals surface area (Å²) in [6.45, 7) is 9.42. The Morgan fingerprint density at radius 3 is 0.947 bits per heavy atom. The standard InChI is InChI=1S/C49H84N4O17.C42H74N4O15.2H2/c1-36(2)42(56)33-38(37(3)54)16-14-15-23-50-43(57)21-19-39(48(63)64)32-40(55)34-69-30-28-68-27-25-52-46(60)35-70-31-29-67-26-24-51-44(58)22-20-41(49(65)66)53-45(59)17-12-10-8-6-4-5-7-9-11-13-18-47(61)62;1-2-3-14-23-43-36(48)21-20-35(42(56)57)46-39(51)32-61-30-27-58-25-15-16-33(47)31-60-29-28-59-26-24-44-37(49)22-19-34(41(54)55)45-38(50)17-12-10-8-6-4-5-7-9-11-13-18-40(52)53;;/h36,38-39,41H,4-35H2,1-3H3,(H,50,57)(H,51,58)(H,52,60)(H,53,59)(H,61,62)(H,63,64)(H,65,66);34-35H,2-32H2,1H3,(H,43,48)(H,44,49)(H,45,50)(H,46,51)(H,52,53)(H,54,55)(H,56,57);2*1H/t38-,39-,41+;34-,35-;;/m10../s1. The summed E-state index contributed by atoms with van der Waals surface area (Å²) in [5, 5.41) is 75.9. The fourth-order valence-electron chi connectivity index (χ4n) is 12.8. The Labute approximate surface area is 775 Å². The summed E-state index contributed by atoms with van der Waals surface area (Å²) in [5.74, 6) is -11.5. The van der Waals surface area contributed by atoms with Gasteiger partial charge in [-0.3, -0.25) is 71.9 Å². The van der Waals surface area contributed by atoms with Gasteiger partial charge in [-0.25, -0.2) is 14.4 Å². The second-order valence-electron chi connectivity index (χ2n) is 32.6. The fraction of sp³-hybridized carbons (Fsp3) is 0.802. The first-order valence-corrected chi connectivity index (χ1v) is 47.0. The lowest BCUT2D eigenvalue weighted by Gasteiger charge is -2.14. The molecular weight excluding hydrogens is 1720 g/mol. The molecular formula is C91H162N8O32. The van der Waals surface area contributed by atoms with Gasteiger partial charge in [0.25, 0.3) is 0 Å². The minimum atomic E-state index is -1.24. The molecule has 14 N–H and O–H groups in total. The Morgan fingerprint density at radius 2 is 0.580 bits per heavy atom. The minimum absolute atomic E-state index is 0. The Hall–Kier alpha value is -9.06. The maximum absolute atomic E-state index is 12.3. The zero-order chi connectivity index (χ0) is 97.7. The van der Waals surface area contributed by atoms with Crippen LogP contribution >= 0.6 is 0 Å². The number of ether oxygens (including phenoxy) is 8. The van der Waals surface area contributed by atoms with Crippen LogP contribution in [0.2, 0.25) is 0 Å². The van der Waals surface area contributed by atoms with Gasteiger partial charge in [0.15, 0.2) is 11.6 Å². The third-order valence-corrected chi connectivity index (χ3v) is 20.5. The Balaban J connectivity index is -0.00000124. The average Bonchev–Trinajstić information content (AvgIpc) is 0.952. The van der Waals surface area contributed by atoms with Crippen molar-refractivity contribution >= 4 is 106 Å². The highest BCUT2D eigenvalue weighted by Crippen LogP contribution is 2.20. The third kappa shape index (κ3) is 83.7. The molecule has 0 aliphatic carbocycles. The van der Waals surface area contributed by atoms with Gasteiger partial charge in [-0.05, 0) is 84.0 Å². The molecule has 0 heterocycles. The highest BCUT2D eigenvalue weighted by Gasteiger charge is 2.27. The molecule has 758 valence electrons. The molecule has 0 fully saturated rings. The first kappa shape index (κ1) is 124. The number of carboxylic acids is 6. The smallest absolute Gasteiger partial charge is 0.326 e. The van der Waals surface area contributed by atoms with E-state index in [2.05, 4.69) is 42.5 Å². The molecule has 0 saturated heterocycles. The lowest BCUT2D eigenvalue weighted by atomic mass is 9.89. The van der Waals surface area contributed by atoms with E-state index < -0.39 is 71.5 Å². The summed E-state index contributed by atoms with van der Waals surface area (Å²) in [6.07, 6.45) is 24.8. The van der Waals surface area contributed by atoms with Crippen molar-refractivity contribution in [2.45, 2.75) is 315 Å². The van der Waals surface area contributed by atoms with Crippen molar-refractivity contribution < 1.29 is 158 Å². The summed E-state index contributed by atoms with van der Waals surface area (Å²) in [5.41, 5.74) is 0. The van der Waals surface area contributed by atoms with Crippen LogP contribution in [-0.2, 0) is 124 Å². The van der Waals surface area contributed by atoms with Crippen molar-refractivity contribution in [2.24, 2.45) is 17.8 Å². The predicted octanol–water partition coefficient (Wildman–Crippen LogP) is 7.73. The zero-order valence-electron chi connectivity index (χ0n) is 78.3. The molecule has 40 heteroatoms. The van der Waals surface area contributed by atoms with Gasteiger partial charge in [-0.15, -0.1) is 0 Å². The van der Waals surface area contributed by atoms with Crippen molar-refractivity contribution in [1.82, 2.24) is 42.5 Å². The summed E-state index contributed by atoms with van der Waals surface area (Å²) >= 11 is 0. The van der Waals surface area contributed by atoms with E-state index >= 15 is 0 Å². The molecule has 0 aromatic carbocycles. The monoisotopic (exact) mass is 1880 g/mol. The molecule has 0 aliphatic rings. The first-order valence-electron chi connectivity index (χ1n) is 47.0. The van der Waals surface area contributed by atoms with Crippen molar-refractivity contribution in [1.29, 1.82) is 0 Å². The Bertz CT molecular complexity index is 3230. The molecule has 131 heavy (non-hydrogen) atoms. The van der Waals surface area contributed by atoms with Gasteiger partial charge in [0.05, 0.1) is 78.6 Å². The van der Waals surface area contributed by atoms with Gasteiger partial charge in [0, 0.05) is 125 Å². The Morgan fingerprint density at radius 1 is 0.260 bits per heavy atom. The normalized spacial score (nSPS) is 12.2. The zero-order valence-corrected chi connectivity index (χ0v) is 78.3. The lowest BCUT2D eigenvalue weighted by molar-refractivity contribution is -0.145. The Kier molecular flexibility index (Phi) is 81.7. The van der Waals surface area contributed by atoms with E-state index in [4.69, 9.17) is 48.1 Å². The number of unbranched alkanes of at least 4 members (excludes halogenated alkanes) is 21. The summed E-state index contributed by atoms with van der Waals surface area (Å²) in [7, 11) is 0. The van der Waals surface area contributed by atoms with Crippen LogP contribution in [0.15, 0.2) is 0 Å². The number of nitrogens with one attached hydrogen (secondary N) is 8. The molecule has 5 atom stereocenters. The second-order valence-corrected chi connectivity index (χ2v) is 32.6. The minimum Gasteiger partial charge on any atom is -0.481 e. The molecule has 0 aromatic rings. The van der Waals surface area contributed by atoms with Gasteiger partial charge in [-0.1, -0.05) is 143 Å². The number of amides is 8. The van der Waals surface area contributed by atoms with Crippen molar-refractivity contribution in [3.63, 3.8) is 0 Å². The number of carbonyl (C=O) groups is 18. The number of hydrogen-bond donors (Lipinski definition) is 14. The average molecular weight is 1880 g/mol. The largest absolute Gasteiger partial charge is 0.481 e. The van der Waals surface area contributed by atoms with Gasteiger partial charge in [0.2, 0.25) is 47.3 Å². The van der Waals surface area contributed by atoms with Crippen LogP contribution in [0.5, 0.6) is 0 Å². The molecule has 0 radical (unpaired) electrons. The van der Waals surface area contributed by atoms with Crippen LogP contribution in [0.1, 0.15) is 300 Å². The predicted molar refractivity (Wildman–Crippen MR) is 485 cm³/mol. The number of carboxylic acid groups (broad SMARTS) is 6. The van der Waals surface area contributed by atoms with Crippen molar-refractivity contribution in [2.75, 3.05) is 138 Å². The number of ketones is 4. The molecule has 40 nitrogen and oxygen atoms in total. The quantitative estimate of drug-likeness (QED) is 0.0259. The van der Waals surface area contributed by atoms with Crippen LogP contribution in [0.25, 0.3) is 0 Å².